The van der Waals surface area contributed by atoms with Gasteiger partial charge in [0.25, 0.3) is 0 Å². The Morgan fingerprint density at radius 1 is 1.05 bits per heavy atom. The Morgan fingerprint density at radius 2 is 1.58 bits per heavy atom. The lowest BCUT2D eigenvalue weighted by Gasteiger charge is -2.30. The molecular weight excluding hydrogens is 236 g/mol. The van der Waals surface area contributed by atoms with E-state index in [2.05, 4.69) is 46.9 Å². The van der Waals surface area contributed by atoms with Gasteiger partial charge in [-0.2, -0.15) is 0 Å². The normalized spacial score (nSPS) is 12.3. The molecule has 3 N–H and O–H groups in total. The summed E-state index contributed by atoms with van der Waals surface area (Å²) >= 11 is 0. The van der Waals surface area contributed by atoms with Gasteiger partial charge in [-0.15, -0.1) is 0 Å². The third-order valence-corrected chi connectivity index (χ3v) is 2.96. The molecule has 0 fully saturated rings. The summed E-state index contributed by atoms with van der Waals surface area (Å²) < 4.78 is 5.89. The molecule has 0 rings (SSSR count). The predicted molar refractivity (Wildman–Crippen MR) is 86.6 cm³/mol. The van der Waals surface area contributed by atoms with Gasteiger partial charge in [0.1, 0.15) is 0 Å². The van der Waals surface area contributed by atoms with Gasteiger partial charge in [-0.25, -0.2) is 0 Å². The summed E-state index contributed by atoms with van der Waals surface area (Å²) in [4.78, 5) is 0. The summed E-state index contributed by atoms with van der Waals surface area (Å²) in [5, 5.41) is 3.57. The van der Waals surface area contributed by atoms with E-state index in [0.717, 1.165) is 26.0 Å². The van der Waals surface area contributed by atoms with Crippen molar-refractivity contribution in [2.45, 2.75) is 79.4 Å². The van der Waals surface area contributed by atoms with Crippen LogP contribution in [0.1, 0.15) is 68.2 Å². The zero-order valence-electron chi connectivity index (χ0n) is 14.6. The molecule has 0 bridgehead atoms. The SMILES string of the molecule is CC.CC(C)CNC(C)(C)CCOC(C)(C)CCN. The second-order valence-electron chi connectivity index (χ2n) is 6.56. The minimum atomic E-state index is -0.0944. The molecule has 0 aliphatic rings. The summed E-state index contributed by atoms with van der Waals surface area (Å²) in [5.41, 5.74) is 5.61. The second kappa shape index (κ2) is 10.6. The van der Waals surface area contributed by atoms with E-state index in [1.165, 1.54) is 0 Å². The number of ether oxygens (including phenoxy) is 1. The highest BCUT2D eigenvalue weighted by Gasteiger charge is 2.21. The Kier molecular flexibility index (Phi) is 11.9. The number of nitrogens with two attached hydrogens (primary N) is 1. The van der Waals surface area contributed by atoms with Crippen LogP contribution < -0.4 is 11.1 Å². The molecule has 0 heterocycles. The fourth-order valence-electron chi connectivity index (χ4n) is 1.57. The Hall–Kier alpha value is -0.120. The molecule has 3 heteroatoms. The lowest BCUT2D eigenvalue weighted by molar-refractivity contribution is -0.0291. The number of hydrogen-bond donors (Lipinski definition) is 2. The van der Waals surface area contributed by atoms with Gasteiger partial charge in [-0.05, 0) is 59.5 Å². The molecule has 0 radical (unpaired) electrons. The standard InChI is InChI=1S/C14H32N2O.C2H6/c1-12(2)11-16-13(3,4)8-10-17-14(5,6)7-9-15;1-2/h12,16H,7-11,15H2,1-6H3;1-2H3. The topological polar surface area (TPSA) is 47.3 Å². The molecule has 19 heavy (non-hydrogen) atoms. The van der Waals surface area contributed by atoms with E-state index in [1.54, 1.807) is 0 Å². The van der Waals surface area contributed by atoms with Gasteiger partial charge in [-0.1, -0.05) is 27.7 Å². The first-order valence-electron chi connectivity index (χ1n) is 7.77. The summed E-state index contributed by atoms with van der Waals surface area (Å²) in [6, 6.07) is 0. The first kappa shape index (κ1) is 21.2. The van der Waals surface area contributed by atoms with Crippen molar-refractivity contribution in [3.8, 4) is 0 Å². The summed E-state index contributed by atoms with van der Waals surface area (Å²) in [6.45, 7) is 19.6. The van der Waals surface area contributed by atoms with Crippen molar-refractivity contribution in [2.24, 2.45) is 11.7 Å². The Balaban J connectivity index is 0. The predicted octanol–water partition coefficient (Wildman–Crippen LogP) is 3.57. The Morgan fingerprint density at radius 3 is 2.00 bits per heavy atom. The van der Waals surface area contributed by atoms with E-state index in [0.29, 0.717) is 12.5 Å². The molecule has 3 nitrogen and oxygen atoms in total. The molecule has 0 aliphatic carbocycles. The van der Waals surface area contributed by atoms with E-state index in [9.17, 15) is 0 Å². The van der Waals surface area contributed by atoms with Gasteiger partial charge < -0.3 is 15.8 Å². The molecule has 0 saturated heterocycles. The van der Waals surface area contributed by atoms with Crippen molar-refractivity contribution >= 4 is 0 Å². The molecule has 0 aromatic carbocycles. The fourth-order valence-corrected chi connectivity index (χ4v) is 1.57. The van der Waals surface area contributed by atoms with Crippen LogP contribution in [-0.2, 0) is 4.74 Å². The Labute approximate surface area is 121 Å². The molecule has 0 spiro atoms. The first-order chi connectivity index (χ1) is 8.68. The average molecular weight is 274 g/mol. The van der Waals surface area contributed by atoms with Crippen molar-refractivity contribution in [1.82, 2.24) is 5.32 Å². The fraction of sp³-hybridized carbons (Fsp3) is 1.00. The van der Waals surface area contributed by atoms with E-state index in [1.807, 2.05) is 13.8 Å². The molecule has 0 aromatic heterocycles. The maximum atomic E-state index is 5.89. The van der Waals surface area contributed by atoms with E-state index < -0.39 is 0 Å². The van der Waals surface area contributed by atoms with Gasteiger partial charge in [0.15, 0.2) is 0 Å². The number of hydrogen-bond acceptors (Lipinski definition) is 3. The van der Waals surface area contributed by atoms with Crippen molar-refractivity contribution < 1.29 is 4.74 Å². The third kappa shape index (κ3) is 14.1. The van der Waals surface area contributed by atoms with Crippen molar-refractivity contribution in [2.75, 3.05) is 19.7 Å². The second-order valence-corrected chi connectivity index (χ2v) is 6.56. The maximum absolute atomic E-state index is 5.89. The molecule has 0 aliphatic heterocycles. The van der Waals surface area contributed by atoms with E-state index >= 15 is 0 Å². The van der Waals surface area contributed by atoms with E-state index in [-0.39, 0.29) is 11.1 Å². The van der Waals surface area contributed by atoms with Crippen LogP contribution in [0, 0.1) is 5.92 Å². The van der Waals surface area contributed by atoms with Crippen LogP contribution in [0.5, 0.6) is 0 Å². The maximum Gasteiger partial charge on any atom is 0.0638 e. The van der Waals surface area contributed by atoms with Gasteiger partial charge in [-0.3, -0.25) is 0 Å². The minimum absolute atomic E-state index is 0.0944. The molecule has 118 valence electrons. The van der Waals surface area contributed by atoms with Crippen LogP contribution in [0.3, 0.4) is 0 Å². The molecule has 0 atom stereocenters. The van der Waals surface area contributed by atoms with Crippen molar-refractivity contribution in [3.63, 3.8) is 0 Å². The van der Waals surface area contributed by atoms with Crippen LogP contribution in [0.4, 0.5) is 0 Å². The summed E-state index contributed by atoms with van der Waals surface area (Å²) in [7, 11) is 0. The summed E-state index contributed by atoms with van der Waals surface area (Å²) in [5.74, 6) is 0.684. The highest BCUT2D eigenvalue weighted by Crippen LogP contribution is 2.16. The molecule has 0 unspecified atom stereocenters. The quantitative estimate of drug-likeness (QED) is 0.675. The van der Waals surface area contributed by atoms with Crippen LogP contribution >= 0.6 is 0 Å². The lowest BCUT2D eigenvalue weighted by atomic mass is 9.99. The summed E-state index contributed by atoms with van der Waals surface area (Å²) in [6.07, 6.45) is 1.93. The van der Waals surface area contributed by atoms with Crippen molar-refractivity contribution in [1.29, 1.82) is 0 Å². The highest BCUT2D eigenvalue weighted by molar-refractivity contribution is 4.78. The highest BCUT2D eigenvalue weighted by atomic mass is 16.5. The zero-order chi connectivity index (χ0) is 15.5. The number of nitrogens with one attached hydrogen (secondary N) is 1. The monoisotopic (exact) mass is 274 g/mol. The smallest absolute Gasteiger partial charge is 0.0638 e. The number of rotatable bonds is 9. The zero-order valence-corrected chi connectivity index (χ0v) is 14.6. The minimum Gasteiger partial charge on any atom is -0.375 e. The average Bonchev–Trinajstić information content (AvgIpc) is 2.28. The van der Waals surface area contributed by atoms with Crippen LogP contribution in [0.2, 0.25) is 0 Å². The molecular formula is C16H38N2O. The van der Waals surface area contributed by atoms with Gasteiger partial charge in [0, 0.05) is 12.1 Å². The third-order valence-electron chi connectivity index (χ3n) is 2.96. The van der Waals surface area contributed by atoms with Crippen LogP contribution in [0.25, 0.3) is 0 Å². The molecule has 0 aromatic rings. The molecule has 0 saturated carbocycles. The van der Waals surface area contributed by atoms with Crippen LogP contribution in [-0.4, -0.2) is 30.8 Å². The van der Waals surface area contributed by atoms with Crippen LogP contribution in [0.15, 0.2) is 0 Å². The largest absolute Gasteiger partial charge is 0.375 e. The lowest BCUT2D eigenvalue weighted by Crippen LogP contribution is -2.43. The first-order valence-corrected chi connectivity index (χ1v) is 7.77. The molecule has 0 amide bonds. The van der Waals surface area contributed by atoms with E-state index in [4.69, 9.17) is 10.5 Å². The van der Waals surface area contributed by atoms with Gasteiger partial charge >= 0.3 is 0 Å². The van der Waals surface area contributed by atoms with Crippen molar-refractivity contribution in [3.05, 3.63) is 0 Å². The Bertz CT molecular complexity index is 201. The van der Waals surface area contributed by atoms with Gasteiger partial charge in [0.2, 0.25) is 0 Å². The van der Waals surface area contributed by atoms with Gasteiger partial charge in [0.05, 0.1) is 5.60 Å².